The average molecular weight is 240 g/mol. The van der Waals surface area contributed by atoms with Gasteiger partial charge >= 0.3 is 0 Å². The van der Waals surface area contributed by atoms with Gasteiger partial charge in [-0.25, -0.2) is 0 Å². The van der Waals surface area contributed by atoms with E-state index >= 15 is 0 Å². The van der Waals surface area contributed by atoms with Crippen LogP contribution in [0.15, 0.2) is 0 Å². The molecule has 3 unspecified atom stereocenters. The van der Waals surface area contributed by atoms with Gasteiger partial charge in [-0.05, 0) is 25.2 Å². The molecule has 0 aliphatic heterocycles. The van der Waals surface area contributed by atoms with Crippen molar-refractivity contribution in [1.82, 2.24) is 5.32 Å². The normalized spacial score (nSPS) is 30.9. The van der Waals surface area contributed by atoms with Crippen molar-refractivity contribution in [2.24, 2.45) is 17.6 Å². The molecule has 1 saturated carbocycles. The number of hydrogen-bond donors (Lipinski definition) is 2. The Balaban J connectivity index is 2.64. The third-order valence-corrected chi connectivity index (χ3v) is 4.36. The van der Waals surface area contributed by atoms with Crippen LogP contribution < -0.4 is 11.1 Å². The lowest BCUT2D eigenvalue weighted by atomic mass is 9.73. The molecule has 1 rings (SSSR count). The van der Waals surface area contributed by atoms with Gasteiger partial charge in [0.1, 0.15) is 0 Å². The zero-order valence-electron chi connectivity index (χ0n) is 11.6. The fraction of sp³-hybridized carbons (Fsp3) is 0.929. The highest BCUT2D eigenvalue weighted by atomic mass is 16.2. The number of carbonyl (C=O) groups is 1. The lowest BCUT2D eigenvalue weighted by Crippen LogP contribution is -2.60. The summed E-state index contributed by atoms with van der Waals surface area (Å²) in [6.07, 6.45) is 6.68. The molecule has 17 heavy (non-hydrogen) atoms. The molecule has 1 aliphatic carbocycles. The summed E-state index contributed by atoms with van der Waals surface area (Å²) < 4.78 is 0. The summed E-state index contributed by atoms with van der Waals surface area (Å²) in [5.74, 6) is 0.794. The van der Waals surface area contributed by atoms with E-state index in [2.05, 4.69) is 19.2 Å². The Bertz CT molecular complexity index is 255. The van der Waals surface area contributed by atoms with Crippen LogP contribution in [0, 0.1) is 11.8 Å². The number of rotatable bonds is 5. The van der Waals surface area contributed by atoms with Gasteiger partial charge in [-0.3, -0.25) is 4.79 Å². The van der Waals surface area contributed by atoms with Crippen LogP contribution in [0.5, 0.6) is 0 Å². The van der Waals surface area contributed by atoms with Gasteiger partial charge in [0.2, 0.25) is 5.91 Å². The van der Waals surface area contributed by atoms with Crippen molar-refractivity contribution in [2.75, 3.05) is 6.54 Å². The second-order valence-corrected chi connectivity index (χ2v) is 5.69. The lowest BCUT2D eigenvalue weighted by molar-refractivity contribution is -0.127. The molecule has 1 aliphatic rings. The van der Waals surface area contributed by atoms with E-state index in [9.17, 15) is 4.79 Å². The molecule has 0 aromatic heterocycles. The molecular weight excluding hydrogens is 212 g/mol. The molecule has 0 saturated heterocycles. The summed E-state index contributed by atoms with van der Waals surface area (Å²) >= 11 is 0. The first-order chi connectivity index (χ1) is 8.05. The third-order valence-electron chi connectivity index (χ3n) is 4.36. The predicted octanol–water partition coefficient (Wildman–Crippen LogP) is 2.45. The average Bonchev–Trinajstić information content (AvgIpc) is 2.32. The minimum atomic E-state index is -0.142. The molecule has 100 valence electrons. The van der Waals surface area contributed by atoms with Gasteiger partial charge in [0.05, 0.1) is 5.54 Å². The zero-order chi connectivity index (χ0) is 12.9. The molecule has 0 spiro atoms. The molecule has 0 aromatic carbocycles. The van der Waals surface area contributed by atoms with Gasteiger partial charge in [-0.1, -0.05) is 40.0 Å². The van der Waals surface area contributed by atoms with Crippen LogP contribution in [0.1, 0.15) is 59.3 Å². The van der Waals surface area contributed by atoms with Crippen molar-refractivity contribution in [2.45, 2.75) is 64.8 Å². The van der Waals surface area contributed by atoms with Crippen molar-refractivity contribution in [1.29, 1.82) is 0 Å². The maximum absolute atomic E-state index is 12.1. The standard InChI is InChI=1S/C14H28N2O/c1-4-7-11(2)13(17)16-14(10-15)9-6-5-8-12(14)3/h11-12H,4-10,15H2,1-3H3,(H,16,17). The maximum atomic E-state index is 12.1. The topological polar surface area (TPSA) is 55.1 Å². The molecule has 3 N–H and O–H groups in total. The first kappa shape index (κ1) is 14.5. The van der Waals surface area contributed by atoms with Crippen LogP contribution in [0.4, 0.5) is 0 Å². The minimum Gasteiger partial charge on any atom is -0.349 e. The number of amides is 1. The van der Waals surface area contributed by atoms with E-state index in [0.29, 0.717) is 12.5 Å². The van der Waals surface area contributed by atoms with E-state index < -0.39 is 0 Å². The van der Waals surface area contributed by atoms with Crippen LogP contribution in [0.3, 0.4) is 0 Å². The number of nitrogens with one attached hydrogen (secondary N) is 1. The van der Waals surface area contributed by atoms with E-state index in [0.717, 1.165) is 19.3 Å². The zero-order valence-corrected chi connectivity index (χ0v) is 11.6. The summed E-state index contributed by atoms with van der Waals surface area (Å²) in [7, 11) is 0. The van der Waals surface area contributed by atoms with Gasteiger partial charge < -0.3 is 11.1 Å². The summed E-state index contributed by atoms with van der Waals surface area (Å²) in [5.41, 5.74) is 5.79. The van der Waals surface area contributed by atoms with Crippen molar-refractivity contribution in [3.8, 4) is 0 Å². The van der Waals surface area contributed by atoms with Gasteiger partial charge in [0.25, 0.3) is 0 Å². The number of carbonyl (C=O) groups excluding carboxylic acids is 1. The Kier molecular flexibility index (Phi) is 5.44. The first-order valence-corrected chi connectivity index (χ1v) is 7.08. The van der Waals surface area contributed by atoms with E-state index in [1.54, 1.807) is 0 Å². The fourth-order valence-electron chi connectivity index (χ4n) is 2.89. The summed E-state index contributed by atoms with van der Waals surface area (Å²) in [5, 5.41) is 3.25. The van der Waals surface area contributed by atoms with Crippen molar-refractivity contribution in [3.05, 3.63) is 0 Å². The van der Waals surface area contributed by atoms with Gasteiger partial charge in [0.15, 0.2) is 0 Å². The molecule has 0 aromatic rings. The number of hydrogen-bond acceptors (Lipinski definition) is 2. The lowest BCUT2D eigenvalue weighted by Gasteiger charge is -2.43. The van der Waals surface area contributed by atoms with Crippen LogP contribution in [0.25, 0.3) is 0 Å². The Morgan fingerprint density at radius 3 is 2.76 bits per heavy atom. The van der Waals surface area contributed by atoms with Crippen LogP contribution >= 0.6 is 0 Å². The van der Waals surface area contributed by atoms with E-state index in [1.165, 1.54) is 19.3 Å². The maximum Gasteiger partial charge on any atom is 0.223 e. The molecule has 1 amide bonds. The molecule has 0 bridgehead atoms. The Morgan fingerprint density at radius 2 is 2.24 bits per heavy atom. The smallest absolute Gasteiger partial charge is 0.223 e. The monoisotopic (exact) mass is 240 g/mol. The van der Waals surface area contributed by atoms with Crippen molar-refractivity contribution >= 4 is 5.91 Å². The third kappa shape index (κ3) is 3.44. The predicted molar refractivity (Wildman–Crippen MR) is 71.6 cm³/mol. The van der Waals surface area contributed by atoms with Gasteiger partial charge in [-0.2, -0.15) is 0 Å². The minimum absolute atomic E-state index is 0.109. The van der Waals surface area contributed by atoms with Crippen molar-refractivity contribution in [3.63, 3.8) is 0 Å². The Labute approximate surface area is 106 Å². The quantitative estimate of drug-likeness (QED) is 0.775. The summed E-state index contributed by atoms with van der Waals surface area (Å²) in [6.45, 7) is 6.91. The van der Waals surface area contributed by atoms with Crippen LogP contribution in [0.2, 0.25) is 0 Å². The second kappa shape index (κ2) is 6.39. The first-order valence-electron chi connectivity index (χ1n) is 7.08. The van der Waals surface area contributed by atoms with E-state index in [4.69, 9.17) is 5.73 Å². The molecule has 3 atom stereocenters. The second-order valence-electron chi connectivity index (χ2n) is 5.69. The highest BCUT2D eigenvalue weighted by Gasteiger charge is 2.38. The van der Waals surface area contributed by atoms with E-state index in [-0.39, 0.29) is 17.4 Å². The summed E-state index contributed by atoms with van der Waals surface area (Å²) in [6, 6.07) is 0. The van der Waals surface area contributed by atoms with Gasteiger partial charge in [0, 0.05) is 12.5 Å². The number of nitrogens with two attached hydrogens (primary N) is 1. The molecular formula is C14H28N2O. The largest absolute Gasteiger partial charge is 0.349 e. The molecule has 3 nitrogen and oxygen atoms in total. The molecule has 3 heteroatoms. The molecule has 0 radical (unpaired) electrons. The van der Waals surface area contributed by atoms with Crippen LogP contribution in [-0.4, -0.2) is 18.0 Å². The Morgan fingerprint density at radius 1 is 1.53 bits per heavy atom. The highest BCUT2D eigenvalue weighted by Crippen LogP contribution is 2.33. The highest BCUT2D eigenvalue weighted by molar-refractivity contribution is 5.79. The summed E-state index contributed by atoms with van der Waals surface area (Å²) in [4.78, 5) is 12.1. The SMILES string of the molecule is CCCC(C)C(=O)NC1(CN)CCCCC1C. The molecule has 1 fully saturated rings. The van der Waals surface area contributed by atoms with E-state index in [1.807, 2.05) is 6.92 Å². The van der Waals surface area contributed by atoms with Crippen LogP contribution in [-0.2, 0) is 4.79 Å². The van der Waals surface area contributed by atoms with Crippen molar-refractivity contribution < 1.29 is 4.79 Å². The van der Waals surface area contributed by atoms with Gasteiger partial charge in [-0.15, -0.1) is 0 Å². The Hall–Kier alpha value is -0.570. The molecule has 0 heterocycles. The fourth-order valence-corrected chi connectivity index (χ4v) is 2.89.